The smallest absolute Gasteiger partial charge is 0.306 e. The summed E-state index contributed by atoms with van der Waals surface area (Å²) in [5, 5.41) is 0. The molecule has 0 saturated heterocycles. The van der Waals surface area contributed by atoms with E-state index in [0.29, 0.717) is 19.3 Å². The van der Waals surface area contributed by atoms with Crippen LogP contribution in [0.2, 0.25) is 0 Å². The predicted molar refractivity (Wildman–Crippen MR) is 206 cm³/mol. The maximum atomic E-state index is 12.6. The third-order valence-electron chi connectivity index (χ3n) is 9.54. The summed E-state index contributed by atoms with van der Waals surface area (Å²) in [4.78, 5) is 37.5. The number of carbonyl (C=O) groups excluding carboxylic acids is 3. The first-order valence-corrected chi connectivity index (χ1v) is 21.4. The molecule has 0 aromatic carbocycles. The molecule has 0 aliphatic rings. The van der Waals surface area contributed by atoms with Crippen molar-refractivity contribution in [2.24, 2.45) is 5.92 Å². The van der Waals surface area contributed by atoms with Gasteiger partial charge in [0.15, 0.2) is 6.10 Å². The summed E-state index contributed by atoms with van der Waals surface area (Å²) in [6.07, 6.45) is 35.2. The molecular weight excluding hydrogens is 612 g/mol. The van der Waals surface area contributed by atoms with Gasteiger partial charge in [-0.15, -0.1) is 0 Å². The minimum atomic E-state index is -0.757. The van der Waals surface area contributed by atoms with Gasteiger partial charge in [0.2, 0.25) is 0 Å². The number of carbonyl (C=O) groups is 3. The highest BCUT2D eigenvalue weighted by Gasteiger charge is 2.19. The Morgan fingerprint density at radius 3 is 1.00 bits per heavy atom. The zero-order chi connectivity index (χ0) is 36.0. The molecule has 0 fully saturated rings. The van der Waals surface area contributed by atoms with Crippen molar-refractivity contribution in [1.82, 2.24) is 0 Å². The molecule has 0 saturated carbocycles. The van der Waals surface area contributed by atoms with Crippen LogP contribution in [0.3, 0.4) is 0 Å². The van der Waals surface area contributed by atoms with E-state index in [2.05, 4.69) is 27.7 Å². The summed E-state index contributed by atoms with van der Waals surface area (Å²) < 4.78 is 16.6. The summed E-state index contributed by atoms with van der Waals surface area (Å²) >= 11 is 0. The van der Waals surface area contributed by atoms with Crippen molar-refractivity contribution in [2.75, 3.05) is 13.2 Å². The van der Waals surface area contributed by atoms with Crippen molar-refractivity contribution in [3.8, 4) is 0 Å². The minimum absolute atomic E-state index is 0.0647. The van der Waals surface area contributed by atoms with E-state index in [1.165, 1.54) is 128 Å². The number of esters is 3. The Morgan fingerprint density at radius 1 is 0.388 bits per heavy atom. The quantitative estimate of drug-likeness (QED) is 0.0364. The van der Waals surface area contributed by atoms with Gasteiger partial charge >= 0.3 is 17.9 Å². The first-order valence-electron chi connectivity index (χ1n) is 21.4. The second-order valence-electron chi connectivity index (χ2n) is 15.1. The van der Waals surface area contributed by atoms with Crippen LogP contribution in [0, 0.1) is 5.92 Å². The average molecular weight is 695 g/mol. The molecular formula is C43H82O6. The van der Waals surface area contributed by atoms with Gasteiger partial charge < -0.3 is 14.2 Å². The van der Waals surface area contributed by atoms with Crippen LogP contribution in [0.5, 0.6) is 0 Å². The lowest BCUT2D eigenvalue weighted by Gasteiger charge is -2.18. The molecule has 0 unspecified atom stereocenters. The van der Waals surface area contributed by atoms with Gasteiger partial charge in [-0.1, -0.05) is 195 Å². The van der Waals surface area contributed by atoms with Crippen LogP contribution in [-0.2, 0) is 28.6 Å². The van der Waals surface area contributed by atoms with Gasteiger partial charge in [-0.25, -0.2) is 0 Å². The van der Waals surface area contributed by atoms with Crippen LogP contribution in [-0.4, -0.2) is 37.2 Å². The van der Waals surface area contributed by atoms with Crippen molar-refractivity contribution in [1.29, 1.82) is 0 Å². The van der Waals surface area contributed by atoms with E-state index in [4.69, 9.17) is 14.2 Å². The zero-order valence-corrected chi connectivity index (χ0v) is 33.1. The summed E-state index contributed by atoms with van der Waals surface area (Å²) in [5.41, 5.74) is 0. The number of rotatable bonds is 38. The van der Waals surface area contributed by atoms with Crippen molar-refractivity contribution in [3.63, 3.8) is 0 Å². The number of ether oxygens (including phenoxy) is 3. The summed E-state index contributed by atoms with van der Waals surface area (Å²) in [6.45, 7) is 8.92. The Morgan fingerprint density at radius 2 is 0.673 bits per heavy atom. The van der Waals surface area contributed by atoms with Crippen LogP contribution in [0.15, 0.2) is 0 Å². The third-order valence-corrected chi connectivity index (χ3v) is 9.54. The van der Waals surface area contributed by atoms with E-state index in [0.717, 1.165) is 63.7 Å². The molecule has 0 rings (SSSR count). The number of hydrogen-bond acceptors (Lipinski definition) is 6. The maximum absolute atomic E-state index is 12.6. The molecule has 6 heteroatoms. The van der Waals surface area contributed by atoms with Crippen molar-refractivity contribution in [2.45, 2.75) is 239 Å². The van der Waals surface area contributed by atoms with Crippen LogP contribution in [0.4, 0.5) is 0 Å². The van der Waals surface area contributed by atoms with E-state index >= 15 is 0 Å². The lowest BCUT2D eigenvalue weighted by atomic mass is 10.0. The van der Waals surface area contributed by atoms with Gasteiger partial charge in [-0.3, -0.25) is 14.4 Å². The Hall–Kier alpha value is -1.59. The van der Waals surface area contributed by atoms with Gasteiger partial charge in [0.1, 0.15) is 13.2 Å². The van der Waals surface area contributed by atoms with Gasteiger partial charge in [0.25, 0.3) is 0 Å². The fourth-order valence-electron chi connectivity index (χ4n) is 6.27. The molecule has 0 heterocycles. The first kappa shape index (κ1) is 47.4. The molecule has 49 heavy (non-hydrogen) atoms. The number of unbranched alkanes of at least 4 members (excludes halogenated alkanes) is 25. The highest BCUT2D eigenvalue weighted by atomic mass is 16.6. The molecule has 0 amide bonds. The lowest BCUT2D eigenvalue weighted by molar-refractivity contribution is -0.167. The molecule has 0 spiro atoms. The molecule has 0 radical (unpaired) electrons. The third kappa shape index (κ3) is 37.5. The Balaban J connectivity index is 4.30. The number of hydrogen-bond donors (Lipinski definition) is 0. The van der Waals surface area contributed by atoms with E-state index in [1.54, 1.807) is 0 Å². The van der Waals surface area contributed by atoms with Crippen molar-refractivity contribution < 1.29 is 28.6 Å². The Kier molecular flexibility index (Phi) is 36.4. The van der Waals surface area contributed by atoms with Crippen LogP contribution in [0.25, 0.3) is 0 Å². The second-order valence-corrected chi connectivity index (χ2v) is 15.1. The van der Waals surface area contributed by atoms with Crippen LogP contribution < -0.4 is 0 Å². The normalized spacial score (nSPS) is 11.9. The molecule has 1 atom stereocenters. The van der Waals surface area contributed by atoms with Gasteiger partial charge in [0, 0.05) is 19.3 Å². The van der Waals surface area contributed by atoms with E-state index in [9.17, 15) is 14.4 Å². The van der Waals surface area contributed by atoms with E-state index in [-0.39, 0.29) is 31.1 Å². The maximum Gasteiger partial charge on any atom is 0.306 e. The lowest BCUT2D eigenvalue weighted by Crippen LogP contribution is -2.30. The molecule has 0 bridgehead atoms. The predicted octanol–water partition coefficient (Wildman–Crippen LogP) is 13.2. The summed E-state index contributed by atoms with van der Waals surface area (Å²) in [6, 6.07) is 0. The molecule has 0 aromatic rings. The van der Waals surface area contributed by atoms with Gasteiger partial charge in [-0.05, 0) is 25.2 Å². The highest BCUT2D eigenvalue weighted by molar-refractivity contribution is 5.71. The standard InChI is InChI=1S/C43H82O6/c1-5-7-9-11-13-14-15-19-23-27-31-35-42(45)48-38-40(37-47-41(44)34-30-26-21-12-10-8-6-2)49-43(46)36-32-28-24-20-17-16-18-22-25-29-33-39(3)4/h39-40H,5-38H2,1-4H3/t40-/m0/s1. The van der Waals surface area contributed by atoms with E-state index < -0.39 is 6.10 Å². The molecule has 0 N–H and O–H groups in total. The monoisotopic (exact) mass is 695 g/mol. The van der Waals surface area contributed by atoms with Crippen LogP contribution in [0.1, 0.15) is 233 Å². The SMILES string of the molecule is CCCCCCCCCCCCCC(=O)OC[C@H](COC(=O)CCCCCCCCC)OC(=O)CCCCCCCCCCCCC(C)C. The van der Waals surface area contributed by atoms with Gasteiger partial charge in [0.05, 0.1) is 0 Å². The fourth-order valence-corrected chi connectivity index (χ4v) is 6.27. The largest absolute Gasteiger partial charge is 0.462 e. The van der Waals surface area contributed by atoms with Gasteiger partial charge in [-0.2, -0.15) is 0 Å². The molecule has 0 aliphatic heterocycles. The molecule has 0 aliphatic carbocycles. The first-order chi connectivity index (χ1) is 23.9. The molecule has 0 aromatic heterocycles. The van der Waals surface area contributed by atoms with Crippen molar-refractivity contribution >= 4 is 17.9 Å². The zero-order valence-electron chi connectivity index (χ0n) is 33.1. The molecule has 290 valence electrons. The second kappa shape index (κ2) is 37.7. The summed E-state index contributed by atoms with van der Waals surface area (Å²) in [5.74, 6) is -0.0491. The highest BCUT2D eigenvalue weighted by Crippen LogP contribution is 2.16. The topological polar surface area (TPSA) is 78.9 Å². The summed E-state index contributed by atoms with van der Waals surface area (Å²) in [7, 11) is 0. The molecule has 6 nitrogen and oxygen atoms in total. The Labute approximate surface area is 304 Å². The van der Waals surface area contributed by atoms with Crippen molar-refractivity contribution in [3.05, 3.63) is 0 Å². The van der Waals surface area contributed by atoms with E-state index in [1.807, 2.05) is 0 Å². The van der Waals surface area contributed by atoms with Crippen LogP contribution >= 0.6 is 0 Å². The Bertz CT molecular complexity index is 736. The average Bonchev–Trinajstić information content (AvgIpc) is 3.08. The minimum Gasteiger partial charge on any atom is -0.462 e. The fraction of sp³-hybridized carbons (Fsp3) is 0.930.